The standard InChI is InChI=1S/C24H26N2O8/c1-5-9-6-7-10(27)13-11(9)8(2)12-14(18(13)28)21(31)24(34)16(19(12)29)17(26(3)4)20(30)15(22(24)32)23(25)33/h5-8,12,16-17,19,27,29-31,34H,1H2,2-4H3,(H2,25,33)/t8-,12+,16+,17-,19-,24-/m0/s1. The molecular formula is C24H26N2O8. The molecule has 34 heavy (non-hydrogen) atoms. The van der Waals surface area contributed by atoms with Crippen LogP contribution in [0.1, 0.15) is 34.3 Å². The van der Waals surface area contributed by atoms with Gasteiger partial charge in [-0.3, -0.25) is 19.3 Å². The van der Waals surface area contributed by atoms with Gasteiger partial charge in [-0.2, -0.15) is 0 Å². The molecule has 4 rings (SSSR count). The normalized spacial score (nSPS) is 32.9. The second-order valence-corrected chi connectivity index (χ2v) is 9.22. The van der Waals surface area contributed by atoms with Gasteiger partial charge in [0.15, 0.2) is 11.4 Å². The second-order valence-electron chi connectivity index (χ2n) is 9.22. The predicted molar refractivity (Wildman–Crippen MR) is 120 cm³/mol. The lowest BCUT2D eigenvalue weighted by Crippen LogP contribution is -2.68. The van der Waals surface area contributed by atoms with Crippen molar-refractivity contribution in [3.8, 4) is 5.75 Å². The molecule has 1 aromatic rings. The minimum absolute atomic E-state index is 0.141. The van der Waals surface area contributed by atoms with Gasteiger partial charge in [0.1, 0.15) is 22.8 Å². The van der Waals surface area contributed by atoms with E-state index in [9.17, 15) is 39.9 Å². The molecule has 0 aromatic heterocycles. The minimum atomic E-state index is -2.92. The van der Waals surface area contributed by atoms with E-state index in [4.69, 9.17) is 5.73 Å². The SMILES string of the molecule is C=Cc1ccc(O)c2c1[C@H](C)[C@@H]1C(=C(O)[C@]3(O)C(=O)C(C(N)=O)=C(O)[C@@H](N(C)C)[C@@H]3[C@H]1O)C2=O. The number of nitrogens with two attached hydrogens (primary N) is 1. The van der Waals surface area contributed by atoms with Crippen LogP contribution in [0.5, 0.6) is 5.75 Å². The molecule has 6 atom stereocenters. The lowest BCUT2D eigenvalue weighted by atomic mass is 9.55. The van der Waals surface area contributed by atoms with E-state index >= 15 is 0 Å². The molecule has 10 nitrogen and oxygen atoms in total. The average Bonchev–Trinajstić information content (AvgIpc) is 2.75. The van der Waals surface area contributed by atoms with Crippen molar-refractivity contribution in [2.45, 2.75) is 30.6 Å². The first-order valence-corrected chi connectivity index (χ1v) is 10.6. The van der Waals surface area contributed by atoms with Crippen molar-refractivity contribution < 1.29 is 39.9 Å². The molecule has 180 valence electrons. The Balaban J connectivity index is 2.08. The van der Waals surface area contributed by atoms with E-state index in [0.717, 1.165) is 0 Å². The maximum atomic E-state index is 13.6. The molecule has 0 heterocycles. The van der Waals surface area contributed by atoms with Crippen LogP contribution in [-0.4, -0.2) is 79.7 Å². The molecule has 10 heteroatoms. The Labute approximate surface area is 194 Å². The monoisotopic (exact) mass is 470 g/mol. The van der Waals surface area contributed by atoms with Gasteiger partial charge in [0.2, 0.25) is 5.78 Å². The van der Waals surface area contributed by atoms with Crippen LogP contribution in [0.2, 0.25) is 0 Å². The van der Waals surface area contributed by atoms with Crippen LogP contribution >= 0.6 is 0 Å². The quantitative estimate of drug-likeness (QED) is 0.338. The number of rotatable bonds is 3. The van der Waals surface area contributed by atoms with E-state index in [0.29, 0.717) is 11.1 Å². The number of nitrogens with zero attached hydrogens (tertiary/aromatic N) is 1. The third-order valence-electron chi connectivity index (χ3n) is 7.36. The van der Waals surface area contributed by atoms with Gasteiger partial charge in [-0.05, 0) is 37.2 Å². The number of aliphatic hydroxyl groups excluding tert-OH is 3. The van der Waals surface area contributed by atoms with Gasteiger partial charge in [-0.1, -0.05) is 25.6 Å². The molecule has 1 aromatic carbocycles. The number of carbonyl (C=O) groups excluding carboxylic acids is 3. The Hall–Kier alpha value is -3.47. The smallest absolute Gasteiger partial charge is 0.255 e. The molecule has 0 saturated carbocycles. The number of hydrogen-bond donors (Lipinski definition) is 6. The van der Waals surface area contributed by atoms with Crippen molar-refractivity contribution >= 4 is 23.5 Å². The summed E-state index contributed by atoms with van der Waals surface area (Å²) in [6.07, 6.45) is -0.140. The summed E-state index contributed by atoms with van der Waals surface area (Å²) >= 11 is 0. The number of fused-ring (bicyclic) bond motifs is 3. The fourth-order valence-electron chi connectivity index (χ4n) is 5.92. The molecule has 1 amide bonds. The first-order chi connectivity index (χ1) is 15.8. The summed E-state index contributed by atoms with van der Waals surface area (Å²) in [6.45, 7) is 5.40. The number of phenols is 1. The fourth-order valence-corrected chi connectivity index (χ4v) is 5.92. The second kappa shape index (κ2) is 7.52. The highest BCUT2D eigenvalue weighted by molar-refractivity contribution is 6.25. The molecular weight excluding hydrogens is 444 g/mol. The summed E-state index contributed by atoms with van der Waals surface area (Å²) in [5.74, 6) is -9.12. The Morgan fingerprint density at radius 2 is 1.82 bits per heavy atom. The van der Waals surface area contributed by atoms with Crippen LogP contribution in [0.15, 0.2) is 41.4 Å². The number of carbonyl (C=O) groups is 3. The number of ketones is 2. The summed E-state index contributed by atoms with van der Waals surface area (Å²) < 4.78 is 0. The molecule has 0 fully saturated rings. The fraction of sp³-hybridized carbons (Fsp3) is 0.375. The van der Waals surface area contributed by atoms with Gasteiger partial charge in [0.05, 0.1) is 23.6 Å². The zero-order chi connectivity index (χ0) is 25.4. The van der Waals surface area contributed by atoms with Crippen LogP contribution in [-0.2, 0) is 9.59 Å². The van der Waals surface area contributed by atoms with E-state index in [1.807, 2.05) is 0 Å². The Kier molecular flexibility index (Phi) is 5.24. The predicted octanol–water partition coefficient (Wildman–Crippen LogP) is 0.295. The number of aliphatic hydroxyl groups is 4. The molecule has 7 N–H and O–H groups in total. The van der Waals surface area contributed by atoms with Crippen molar-refractivity contribution in [1.29, 1.82) is 0 Å². The number of amides is 1. The van der Waals surface area contributed by atoms with Crippen molar-refractivity contribution in [3.63, 3.8) is 0 Å². The number of benzene rings is 1. The van der Waals surface area contributed by atoms with Crippen LogP contribution in [0.4, 0.5) is 0 Å². The van der Waals surface area contributed by atoms with Gasteiger partial charge in [-0.15, -0.1) is 0 Å². The Morgan fingerprint density at radius 1 is 1.21 bits per heavy atom. The number of hydrogen-bond acceptors (Lipinski definition) is 9. The lowest BCUT2D eigenvalue weighted by Gasteiger charge is -2.53. The molecule has 0 aliphatic heterocycles. The Morgan fingerprint density at radius 3 is 2.35 bits per heavy atom. The first-order valence-electron chi connectivity index (χ1n) is 10.6. The largest absolute Gasteiger partial charge is 0.510 e. The third-order valence-corrected chi connectivity index (χ3v) is 7.36. The third kappa shape index (κ3) is 2.70. The molecule has 0 radical (unpaired) electrons. The van der Waals surface area contributed by atoms with Gasteiger partial charge in [-0.25, -0.2) is 0 Å². The summed E-state index contributed by atoms with van der Waals surface area (Å²) in [4.78, 5) is 40.2. The van der Waals surface area contributed by atoms with E-state index in [1.165, 1.54) is 31.1 Å². The van der Waals surface area contributed by atoms with Crippen LogP contribution in [0.3, 0.4) is 0 Å². The number of primary amides is 1. The summed E-state index contributed by atoms with van der Waals surface area (Å²) in [6, 6.07) is 1.55. The maximum Gasteiger partial charge on any atom is 0.255 e. The number of phenolic OH excluding ortho intramolecular Hbond substituents is 1. The molecule has 0 spiro atoms. The lowest BCUT2D eigenvalue weighted by molar-refractivity contribution is -0.162. The van der Waals surface area contributed by atoms with Crippen molar-refractivity contribution in [3.05, 3.63) is 58.1 Å². The van der Waals surface area contributed by atoms with E-state index in [-0.39, 0.29) is 11.3 Å². The average molecular weight is 470 g/mol. The molecule has 0 saturated heterocycles. The highest BCUT2D eigenvalue weighted by Gasteiger charge is 2.67. The molecule has 3 aliphatic carbocycles. The zero-order valence-electron chi connectivity index (χ0n) is 18.8. The van der Waals surface area contributed by atoms with Crippen LogP contribution in [0, 0.1) is 11.8 Å². The van der Waals surface area contributed by atoms with Gasteiger partial charge in [0, 0.05) is 11.5 Å². The first kappa shape index (κ1) is 23.7. The topological polar surface area (TPSA) is 182 Å². The van der Waals surface area contributed by atoms with Gasteiger partial charge < -0.3 is 31.3 Å². The van der Waals surface area contributed by atoms with Crippen LogP contribution in [0.25, 0.3) is 6.08 Å². The number of aromatic hydroxyl groups is 1. The van der Waals surface area contributed by atoms with Crippen molar-refractivity contribution in [2.75, 3.05) is 14.1 Å². The summed E-state index contributed by atoms with van der Waals surface area (Å²) in [5, 5.41) is 55.6. The van der Waals surface area contributed by atoms with Crippen LogP contribution < -0.4 is 5.73 Å². The van der Waals surface area contributed by atoms with E-state index in [2.05, 4.69) is 6.58 Å². The molecule has 0 bridgehead atoms. The Bertz CT molecular complexity index is 1230. The highest BCUT2D eigenvalue weighted by atomic mass is 16.4. The van der Waals surface area contributed by atoms with Gasteiger partial charge in [0.25, 0.3) is 5.91 Å². The molecule has 0 unspecified atom stereocenters. The number of Topliss-reactive ketones (excluding diaryl/α,β-unsaturated/α-hetero) is 2. The minimum Gasteiger partial charge on any atom is -0.510 e. The summed E-state index contributed by atoms with van der Waals surface area (Å²) in [7, 11) is 2.97. The highest BCUT2D eigenvalue weighted by Crippen LogP contribution is 2.55. The number of likely N-dealkylation sites (N-methyl/N-ethyl adjacent to an activating group) is 1. The van der Waals surface area contributed by atoms with Gasteiger partial charge >= 0.3 is 0 Å². The summed E-state index contributed by atoms with van der Waals surface area (Å²) in [5.41, 5.74) is 1.78. The zero-order valence-corrected chi connectivity index (χ0v) is 18.8. The van der Waals surface area contributed by atoms with Crippen molar-refractivity contribution in [1.82, 2.24) is 4.90 Å². The van der Waals surface area contributed by atoms with E-state index in [1.54, 1.807) is 13.0 Å². The maximum absolute atomic E-state index is 13.6. The van der Waals surface area contributed by atoms with E-state index < -0.39 is 75.6 Å². The molecule has 3 aliphatic rings. The van der Waals surface area contributed by atoms with Crippen molar-refractivity contribution in [2.24, 2.45) is 17.6 Å².